The zero-order valence-corrected chi connectivity index (χ0v) is 15.5. The SMILES string of the molecule is CC1(C)C(=O)N(C2COC2)c2cc(N3C=C(c4cccnc4)CN3)ccc21. The van der Waals surface area contributed by atoms with E-state index in [9.17, 15) is 4.79 Å². The molecule has 1 aromatic heterocycles. The molecule has 3 aliphatic heterocycles. The number of hydrogen-bond acceptors (Lipinski definition) is 5. The molecule has 0 aliphatic carbocycles. The number of fused-ring (bicyclic) bond motifs is 1. The molecule has 0 spiro atoms. The van der Waals surface area contributed by atoms with Crippen molar-refractivity contribution in [3.05, 3.63) is 60.1 Å². The molecule has 3 aliphatic rings. The molecule has 1 N–H and O–H groups in total. The molecule has 0 saturated carbocycles. The number of rotatable bonds is 3. The Kier molecular flexibility index (Phi) is 3.60. The number of aromatic nitrogens is 1. The predicted octanol–water partition coefficient (Wildman–Crippen LogP) is 2.47. The highest BCUT2D eigenvalue weighted by molar-refractivity contribution is 6.08. The van der Waals surface area contributed by atoms with Crippen LogP contribution < -0.4 is 15.3 Å². The summed E-state index contributed by atoms with van der Waals surface area (Å²) in [5.74, 6) is 0.156. The second-order valence-electron chi connectivity index (χ2n) is 7.79. The van der Waals surface area contributed by atoms with Crippen LogP contribution in [0.1, 0.15) is 25.0 Å². The second-order valence-corrected chi connectivity index (χ2v) is 7.79. The molecule has 1 amide bonds. The van der Waals surface area contributed by atoms with E-state index in [-0.39, 0.29) is 11.9 Å². The third-order valence-corrected chi connectivity index (χ3v) is 5.69. The van der Waals surface area contributed by atoms with Crippen LogP contribution in [-0.2, 0) is 14.9 Å². The maximum Gasteiger partial charge on any atom is 0.237 e. The third kappa shape index (κ3) is 2.48. The lowest BCUT2D eigenvalue weighted by Crippen LogP contribution is -2.52. The van der Waals surface area contributed by atoms with E-state index in [0.29, 0.717) is 13.2 Å². The molecular formula is C21H22N4O2. The number of benzene rings is 1. The average molecular weight is 362 g/mol. The standard InChI is InChI=1S/C21H22N4O2/c1-21(2)18-6-5-16(8-19(18)25(20(21)26)17-12-27-13-17)24-11-15(10-23-24)14-4-3-7-22-9-14/h3-9,11,17,23H,10,12-13H2,1-2H3. The van der Waals surface area contributed by atoms with Crippen LogP contribution in [0.5, 0.6) is 0 Å². The van der Waals surface area contributed by atoms with Crippen molar-refractivity contribution in [3.8, 4) is 0 Å². The number of pyridine rings is 1. The van der Waals surface area contributed by atoms with Gasteiger partial charge in [0.2, 0.25) is 5.91 Å². The van der Waals surface area contributed by atoms with E-state index in [1.165, 1.54) is 5.57 Å². The van der Waals surface area contributed by atoms with Crippen LogP contribution in [0.25, 0.3) is 5.57 Å². The molecule has 0 atom stereocenters. The fraction of sp³-hybridized carbons (Fsp3) is 0.333. The van der Waals surface area contributed by atoms with Gasteiger partial charge >= 0.3 is 0 Å². The first-order chi connectivity index (χ1) is 13.1. The van der Waals surface area contributed by atoms with Gasteiger partial charge in [-0.3, -0.25) is 14.8 Å². The van der Waals surface area contributed by atoms with Crippen LogP contribution in [0.2, 0.25) is 0 Å². The molecule has 2 aromatic rings. The molecular weight excluding hydrogens is 340 g/mol. The predicted molar refractivity (Wildman–Crippen MR) is 104 cm³/mol. The van der Waals surface area contributed by atoms with E-state index in [2.05, 4.69) is 40.9 Å². The van der Waals surface area contributed by atoms with E-state index in [1.807, 2.05) is 36.0 Å². The number of nitrogens with one attached hydrogen (secondary N) is 1. The summed E-state index contributed by atoms with van der Waals surface area (Å²) >= 11 is 0. The quantitative estimate of drug-likeness (QED) is 0.909. The summed E-state index contributed by atoms with van der Waals surface area (Å²) in [4.78, 5) is 19.1. The van der Waals surface area contributed by atoms with Gasteiger partial charge in [0.1, 0.15) is 0 Å². The molecule has 0 radical (unpaired) electrons. The van der Waals surface area contributed by atoms with E-state index < -0.39 is 5.41 Å². The summed E-state index contributed by atoms with van der Waals surface area (Å²) in [5, 5.41) is 2.02. The minimum atomic E-state index is -0.501. The van der Waals surface area contributed by atoms with Crippen molar-refractivity contribution in [2.75, 3.05) is 29.7 Å². The molecule has 1 saturated heterocycles. The van der Waals surface area contributed by atoms with Gasteiger partial charge in [0.25, 0.3) is 0 Å². The van der Waals surface area contributed by atoms with Crippen molar-refractivity contribution in [3.63, 3.8) is 0 Å². The Morgan fingerprint density at radius 2 is 2.11 bits per heavy atom. The van der Waals surface area contributed by atoms with Gasteiger partial charge in [0, 0.05) is 25.1 Å². The highest BCUT2D eigenvalue weighted by atomic mass is 16.5. The van der Waals surface area contributed by atoms with Crippen molar-refractivity contribution in [2.24, 2.45) is 0 Å². The van der Waals surface area contributed by atoms with Crippen LogP contribution in [-0.4, -0.2) is 36.7 Å². The van der Waals surface area contributed by atoms with Gasteiger partial charge in [0.05, 0.1) is 36.0 Å². The Balaban J connectivity index is 1.50. The third-order valence-electron chi connectivity index (χ3n) is 5.69. The van der Waals surface area contributed by atoms with Gasteiger partial charge in [-0.25, -0.2) is 5.43 Å². The van der Waals surface area contributed by atoms with Gasteiger partial charge in [-0.1, -0.05) is 12.1 Å². The van der Waals surface area contributed by atoms with Crippen molar-refractivity contribution in [1.29, 1.82) is 0 Å². The number of anilines is 2. The maximum atomic E-state index is 13.0. The molecule has 1 fully saturated rings. The molecule has 4 heterocycles. The molecule has 0 bridgehead atoms. The molecule has 0 unspecified atom stereocenters. The Bertz CT molecular complexity index is 934. The fourth-order valence-corrected chi connectivity index (χ4v) is 3.97. The normalized spacial score (nSPS) is 21.3. The van der Waals surface area contributed by atoms with Crippen LogP contribution in [0, 0.1) is 0 Å². The molecule has 27 heavy (non-hydrogen) atoms. The lowest BCUT2D eigenvalue weighted by molar-refractivity contribution is -0.124. The van der Waals surface area contributed by atoms with Crippen molar-refractivity contribution >= 4 is 22.9 Å². The Hall–Kier alpha value is -2.70. The zero-order valence-electron chi connectivity index (χ0n) is 15.5. The van der Waals surface area contributed by atoms with Gasteiger partial charge < -0.3 is 9.64 Å². The minimum Gasteiger partial charge on any atom is -0.377 e. The Morgan fingerprint density at radius 1 is 1.26 bits per heavy atom. The van der Waals surface area contributed by atoms with E-state index >= 15 is 0 Å². The Morgan fingerprint density at radius 3 is 2.81 bits per heavy atom. The largest absolute Gasteiger partial charge is 0.377 e. The first kappa shape index (κ1) is 16.5. The fourth-order valence-electron chi connectivity index (χ4n) is 3.97. The summed E-state index contributed by atoms with van der Waals surface area (Å²) in [6.45, 7) is 5.97. The van der Waals surface area contributed by atoms with Crippen LogP contribution in [0.3, 0.4) is 0 Å². The smallest absolute Gasteiger partial charge is 0.237 e. The number of amides is 1. The highest BCUT2D eigenvalue weighted by Gasteiger charge is 2.48. The van der Waals surface area contributed by atoms with Gasteiger partial charge in [0.15, 0.2) is 0 Å². The van der Waals surface area contributed by atoms with Crippen molar-refractivity contribution in [1.82, 2.24) is 10.4 Å². The van der Waals surface area contributed by atoms with E-state index in [1.54, 1.807) is 6.20 Å². The molecule has 5 rings (SSSR count). The summed E-state index contributed by atoms with van der Waals surface area (Å²) in [6, 6.07) is 10.4. The second kappa shape index (κ2) is 5.90. The average Bonchev–Trinajstić information content (AvgIpc) is 3.20. The maximum absolute atomic E-state index is 13.0. The first-order valence-corrected chi connectivity index (χ1v) is 9.25. The molecule has 1 aromatic carbocycles. The monoisotopic (exact) mass is 362 g/mol. The molecule has 138 valence electrons. The number of carbonyl (C=O) groups is 1. The highest BCUT2D eigenvalue weighted by Crippen LogP contribution is 2.45. The number of hydrogen-bond donors (Lipinski definition) is 1. The number of carbonyl (C=O) groups excluding carboxylic acids is 1. The van der Waals surface area contributed by atoms with Gasteiger partial charge in [-0.15, -0.1) is 0 Å². The number of hydrazine groups is 1. The van der Waals surface area contributed by atoms with Crippen LogP contribution >= 0.6 is 0 Å². The van der Waals surface area contributed by atoms with E-state index in [0.717, 1.165) is 29.0 Å². The van der Waals surface area contributed by atoms with Crippen molar-refractivity contribution in [2.45, 2.75) is 25.3 Å². The summed E-state index contributed by atoms with van der Waals surface area (Å²) in [5.41, 5.74) is 8.29. The van der Waals surface area contributed by atoms with Gasteiger partial charge in [-0.2, -0.15) is 0 Å². The zero-order chi connectivity index (χ0) is 18.6. The first-order valence-electron chi connectivity index (χ1n) is 9.25. The summed E-state index contributed by atoms with van der Waals surface area (Å²) < 4.78 is 5.34. The summed E-state index contributed by atoms with van der Waals surface area (Å²) in [6.07, 6.45) is 5.75. The number of ether oxygens (including phenoxy) is 1. The number of nitrogens with zero attached hydrogens (tertiary/aromatic N) is 3. The summed E-state index contributed by atoms with van der Waals surface area (Å²) in [7, 11) is 0. The molecule has 6 heteroatoms. The lowest BCUT2D eigenvalue weighted by Gasteiger charge is -2.36. The topological polar surface area (TPSA) is 57.7 Å². The minimum absolute atomic E-state index is 0.140. The van der Waals surface area contributed by atoms with E-state index in [4.69, 9.17) is 4.74 Å². The Labute approximate surface area is 158 Å². The van der Waals surface area contributed by atoms with Gasteiger partial charge in [-0.05, 0) is 48.7 Å². The van der Waals surface area contributed by atoms with Crippen LogP contribution in [0.15, 0.2) is 48.9 Å². The lowest BCUT2D eigenvalue weighted by atomic mass is 9.86. The van der Waals surface area contributed by atoms with Crippen LogP contribution in [0.4, 0.5) is 11.4 Å². The molecule has 6 nitrogen and oxygen atoms in total. The van der Waals surface area contributed by atoms with Crippen molar-refractivity contribution < 1.29 is 9.53 Å².